The second-order valence-corrected chi connectivity index (χ2v) is 6.14. The van der Waals surface area contributed by atoms with Crippen LogP contribution >= 0.6 is 34.8 Å². The molecule has 2 aromatic carbocycles. The van der Waals surface area contributed by atoms with Crippen LogP contribution in [-0.2, 0) is 4.79 Å². The van der Waals surface area contributed by atoms with Gasteiger partial charge in [-0.1, -0.05) is 65.1 Å². The number of carboxylic acid groups (broad SMARTS) is 1. The van der Waals surface area contributed by atoms with Crippen molar-refractivity contribution in [1.82, 2.24) is 0 Å². The number of alkyl halides is 3. The summed E-state index contributed by atoms with van der Waals surface area (Å²) >= 11 is 16.3. The third-order valence-electron chi connectivity index (χ3n) is 2.54. The summed E-state index contributed by atoms with van der Waals surface area (Å²) in [5.41, 5.74) is -0.189. The van der Waals surface area contributed by atoms with E-state index in [2.05, 4.69) is 0 Å². The predicted molar refractivity (Wildman–Crippen MR) is 76.8 cm³/mol. The van der Waals surface area contributed by atoms with Gasteiger partial charge in [-0.15, -0.1) is 0 Å². The van der Waals surface area contributed by atoms with E-state index in [0.29, 0.717) is 10.8 Å². The molecular weight excluding hydrogens is 326 g/mol. The normalized spacial score (nSPS) is 11.3. The lowest BCUT2D eigenvalue weighted by atomic mass is 10.1. The maximum atomic E-state index is 11.6. The second kappa shape index (κ2) is 5.48. The Kier molecular flexibility index (Phi) is 4.09. The topological polar surface area (TPSA) is 63.6 Å². The minimum Gasteiger partial charge on any atom is -0.478 e. The molecule has 0 spiro atoms. The van der Waals surface area contributed by atoms with Gasteiger partial charge in [-0.25, -0.2) is 9.59 Å². The van der Waals surface area contributed by atoms with E-state index in [1.807, 2.05) is 0 Å². The van der Waals surface area contributed by atoms with Gasteiger partial charge < -0.3 is 9.84 Å². The summed E-state index contributed by atoms with van der Waals surface area (Å²) in [7, 11) is 0. The van der Waals surface area contributed by atoms with Crippen molar-refractivity contribution < 1.29 is 19.4 Å². The second-order valence-electron chi connectivity index (χ2n) is 3.86. The molecular formula is C13H7Cl3O4. The van der Waals surface area contributed by atoms with Crippen molar-refractivity contribution in [3.05, 3.63) is 42.0 Å². The van der Waals surface area contributed by atoms with Crippen molar-refractivity contribution in [1.29, 1.82) is 0 Å². The molecule has 104 valence electrons. The zero-order chi connectivity index (χ0) is 14.9. The van der Waals surface area contributed by atoms with Gasteiger partial charge in [0.05, 0.1) is 0 Å². The minimum absolute atomic E-state index is 0.146. The number of ether oxygens (including phenoxy) is 1. The molecule has 2 aromatic rings. The number of carbonyl (C=O) groups is 2. The molecule has 0 fully saturated rings. The van der Waals surface area contributed by atoms with Gasteiger partial charge in [-0.2, -0.15) is 0 Å². The van der Waals surface area contributed by atoms with Crippen LogP contribution in [0.3, 0.4) is 0 Å². The quantitative estimate of drug-likeness (QED) is 0.515. The van der Waals surface area contributed by atoms with Gasteiger partial charge in [0.25, 0.3) is 3.79 Å². The van der Waals surface area contributed by atoms with Crippen LogP contribution in [-0.4, -0.2) is 20.8 Å². The lowest BCUT2D eigenvalue weighted by Gasteiger charge is -2.14. The first-order chi connectivity index (χ1) is 9.30. The summed E-state index contributed by atoms with van der Waals surface area (Å²) in [4.78, 5) is 22.8. The van der Waals surface area contributed by atoms with Gasteiger partial charge in [0.1, 0.15) is 5.56 Å². The van der Waals surface area contributed by atoms with Crippen LogP contribution in [0.2, 0.25) is 0 Å². The average molecular weight is 334 g/mol. The summed E-state index contributed by atoms with van der Waals surface area (Å²) in [6, 6.07) is 9.73. The fourth-order valence-electron chi connectivity index (χ4n) is 1.67. The summed E-state index contributed by atoms with van der Waals surface area (Å²) in [5.74, 6) is -2.56. The highest BCUT2D eigenvalue weighted by Crippen LogP contribution is 2.34. The molecule has 2 rings (SSSR count). The molecule has 0 amide bonds. The van der Waals surface area contributed by atoms with Gasteiger partial charge in [-0.3, -0.25) is 0 Å². The standard InChI is InChI=1S/C13H7Cl3O4/c14-13(15,16)12(19)20-10-8-4-2-1-3-7(8)5-6-9(10)11(17)18/h1-6H,(H,17,18). The molecule has 0 saturated heterocycles. The van der Waals surface area contributed by atoms with Gasteiger partial charge in [0, 0.05) is 5.39 Å². The Morgan fingerprint density at radius 2 is 1.70 bits per heavy atom. The Bertz CT molecular complexity index is 692. The van der Waals surface area contributed by atoms with Gasteiger partial charge >= 0.3 is 11.9 Å². The molecule has 0 aliphatic rings. The maximum absolute atomic E-state index is 11.6. The van der Waals surface area contributed by atoms with Gasteiger partial charge in [0.2, 0.25) is 0 Å². The van der Waals surface area contributed by atoms with Crippen molar-refractivity contribution in [3.8, 4) is 5.75 Å². The van der Waals surface area contributed by atoms with Crippen LogP contribution in [0.4, 0.5) is 0 Å². The third-order valence-corrected chi connectivity index (χ3v) is 3.00. The largest absolute Gasteiger partial charge is 0.478 e. The van der Waals surface area contributed by atoms with Crippen molar-refractivity contribution in [3.63, 3.8) is 0 Å². The lowest BCUT2D eigenvalue weighted by Crippen LogP contribution is -2.25. The van der Waals surface area contributed by atoms with Crippen LogP contribution in [0, 0.1) is 0 Å². The summed E-state index contributed by atoms with van der Waals surface area (Å²) in [6.07, 6.45) is 0. The number of carboxylic acids is 1. The molecule has 0 saturated carbocycles. The van der Waals surface area contributed by atoms with E-state index in [4.69, 9.17) is 44.6 Å². The van der Waals surface area contributed by atoms with Crippen LogP contribution in [0.5, 0.6) is 5.75 Å². The number of carbonyl (C=O) groups excluding carboxylic acids is 1. The number of fused-ring (bicyclic) bond motifs is 1. The lowest BCUT2D eigenvalue weighted by molar-refractivity contribution is -0.133. The molecule has 0 radical (unpaired) electrons. The van der Waals surface area contributed by atoms with Crippen molar-refractivity contribution in [2.75, 3.05) is 0 Å². The summed E-state index contributed by atoms with van der Waals surface area (Å²) < 4.78 is 2.68. The molecule has 4 nitrogen and oxygen atoms in total. The monoisotopic (exact) mass is 332 g/mol. The Morgan fingerprint density at radius 3 is 2.30 bits per heavy atom. The first-order valence-corrected chi connectivity index (χ1v) is 6.48. The average Bonchev–Trinajstić information content (AvgIpc) is 2.37. The number of benzene rings is 2. The molecule has 0 aliphatic heterocycles. The third kappa shape index (κ3) is 2.98. The first kappa shape index (κ1) is 14.9. The number of esters is 1. The van der Waals surface area contributed by atoms with Crippen molar-refractivity contribution >= 4 is 57.5 Å². The first-order valence-electron chi connectivity index (χ1n) is 5.35. The van der Waals surface area contributed by atoms with Gasteiger partial charge in [0.15, 0.2) is 5.75 Å². The number of hydrogen-bond donors (Lipinski definition) is 1. The van der Waals surface area contributed by atoms with E-state index in [9.17, 15) is 9.59 Å². The number of aromatic carboxylic acids is 1. The Hall–Kier alpha value is -1.49. The molecule has 20 heavy (non-hydrogen) atoms. The van der Waals surface area contributed by atoms with E-state index in [0.717, 1.165) is 0 Å². The highest BCUT2D eigenvalue weighted by atomic mass is 35.6. The van der Waals surface area contributed by atoms with E-state index in [1.54, 1.807) is 30.3 Å². The van der Waals surface area contributed by atoms with E-state index >= 15 is 0 Å². The molecule has 0 aromatic heterocycles. The van der Waals surface area contributed by atoms with E-state index in [1.165, 1.54) is 6.07 Å². The molecule has 0 aliphatic carbocycles. The highest BCUT2D eigenvalue weighted by Gasteiger charge is 2.34. The zero-order valence-corrected chi connectivity index (χ0v) is 12.0. The minimum atomic E-state index is -2.29. The molecule has 0 unspecified atom stereocenters. The number of hydrogen-bond acceptors (Lipinski definition) is 3. The fraction of sp³-hybridized carbons (Fsp3) is 0.0769. The van der Waals surface area contributed by atoms with Crippen molar-refractivity contribution in [2.45, 2.75) is 3.79 Å². The smallest absolute Gasteiger partial charge is 0.363 e. The van der Waals surface area contributed by atoms with Crippen LogP contribution in [0.15, 0.2) is 36.4 Å². The molecule has 0 atom stereocenters. The van der Waals surface area contributed by atoms with E-state index < -0.39 is 15.7 Å². The van der Waals surface area contributed by atoms with Crippen LogP contribution < -0.4 is 4.74 Å². The van der Waals surface area contributed by atoms with E-state index in [-0.39, 0.29) is 11.3 Å². The highest BCUT2D eigenvalue weighted by molar-refractivity contribution is 6.75. The summed E-state index contributed by atoms with van der Waals surface area (Å²) in [5, 5.41) is 10.3. The number of halogens is 3. The summed E-state index contributed by atoms with van der Waals surface area (Å²) in [6.45, 7) is 0. The molecule has 7 heteroatoms. The molecule has 0 heterocycles. The zero-order valence-electron chi connectivity index (χ0n) is 9.77. The maximum Gasteiger partial charge on any atom is 0.363 e. The fourth-order valence-corrected chi connectivity index (χ4v) is 1.79. The van der Waals surface area contributed by atoms with Crippen LogP contribution in [0.1, 0.15) is 10.4 Å². The molecule has 1 N–H and O–H groups in total. The molecule has 0 bridgehead atoms. The Morgan fingerprint density at radius 1 is 1.05 bits per heavy atom. The van der Waals surface area contributed by atoms with Crippen LogP contribution in [0.25, 0.3) is 10.8 Å². The Labute approximate surface area is 128 Å². The van der Waals surface area contributed by atoms with Crippen molar-refractivity contribution in [2.24, 2.45) is 0 Å². The predicted octanol–water partition coefficient (Wildman–Crippen LogP) is 3.81. The SMILES string of the molecule is O=C(O)c1ccc2ccccc2c1OC(=O)C(Cl)(Cl)Cl. The number of rotatable bonds is 2. The Balaban J connectivity index is 2.61. The van der Waals surface area contributed by atoms with Gasteiger partial charge in [-0.05, 0) is 11.5 Å².